The van der Waals surface area contributed by atoms with Crippen molar-refractivity contribution in [2.24, 2.45) is 4.99 Å². The van der Waals surface area contributed by atoms with Crippen LogP contribution in [0.4, 0.5) is 0 Å². The maximum atomic E-state index is 12.5. The number of aliphatic imine (C=N–C) groups is 1. The molecule has 1 amide bonds. The lowest BCUT2D eigenvalue weighted by Gasteiger charge is -2.27. The van der Waals surface area contributed by atoms with E-state index < -0.39 is 0 Å². The van der Waals surface area contributed by atoms with Crippen molar-refractivity contribution in [2.75, 3.05) is 53.5 Å². The van der Waals surface area contributed by atoms with Crippen LogP contribution in [0.2, 0.25) is 0 Å². The number of morpholine rings is 1. The monoisotopic (exact) mass is 280 g/mol. The third kappa shape index (κ3) is 4.23. The topological polar surface area (TPSA) is 48.4 Å². The summed E-state index contributed by atoms with van der Waals surface area (Å²) >= 11 is 0. The molecule has 0 aromatic carbocycles. The molecule has 2 saturated heterocycles. The fourth-order valence-electron chi connectivity index (χ4n) is 2.32. The summed E-state index contributed by atoms with van der Waals surface area (Å²) in [6, 6.07) is 0. The first-order chi connectivity index (χ1) is 9.66. The molecule has 2 rings (SSSR count). The van der Waals surface area contributed by atoms with Crippen molar-refractivity contribution in [1.82, 2.24) is 14.7 Å². The maximum Gasteiger partial charge on any atom is 0.274 e. The van der Waals surface area contributed by atoms with Crippen LogP contribution < -0.4 is 0 Å². The predicted octanol–water partition coefficient (Wildman–Crippen LogP) is 0.372. The summed E-state index contributed by atoms with van der Waals surface area (Å²) in [5, 5.41) is 0. The van der Waals surface area contributed by atoms with E-state index in [0.29, 0.717) is 32.0 Å². The third-order valence-electron chi connectivity index (χ3n) is 3.40. The van der Waals surface area contributed by atoms with Gasteiger partial charge in [-0.05, 0) is 12.8 Å². The van der Waals surface area contributed by atoms with Gasteiger partial charge in [-0.3, -0.25) is 4.79 Å². The fraction of sp³-hybridized carbons (Fsp3) is 0.714. The molecule has 0 spiro atoms. The van der Waals surface area contributed by atoms with Crippen molar-refractivity contribution >= 4 is 12.2 Å². The summed E-state index contributed by atoms with van der Waals surface area (Å²) in [6.07, 6.45) is 6.00. The minimum Gasteiger partial charge on any atom is -0.382 e. The van der Waals surface area contributed by atoms with Crippen molar-refractivity contribution in [3.05, 3.63) is 11.9 Å². The molecule has 0 saturated carbocycles. The highest BCUT2D eigenvalue weighted by molar-refractivity contribution is 5.94. The summed E-state index contributed by atoms with van der Waals surface area (Å²) in [5.74, 6) is -0.0163. The Balaban J connectivity index is 2.04. The first kappa shape index (κ1) is 14.8. The Morgan fingerprint density at radius 1 is 1.15 bits per heavy atom. The van der Waals surface area contributed by atoms with Gasteiger partial charge in [0.25, 0.3) is 5.91 Å². The third-order valence-corrected chi connectivity index (χ3v) is 3.40. The molecule has 0 aromatic rings. The van der Waals surface area contributed by atoms with Crippen molar-refractivity contribution in [2.45, 2.75) is 12.8 Å². The zero-order valence-electron chi connectivity index (χ0n) is 12.4. The summed E-state index contributed by atoms with van der Waals surface area (Å²) in [6.45, 7) is 4.56. The van der Waals surface area contributed by atoms with Crippen LogP contribution in [-0.4, -0.2) is 80.4 Å². The van der Waals surface area contributed by atoms with Gasteiger partial charge in [-0.15, -0.1) is 0 Å². The summed E-state index contributed by atoms with van der Waals surface area (Å²) < 4.78 is 5.28. The number of carbonyl (C=O) groups is 1. The molecule has 0 unspecified atom stereocenters. The molecule has 6 heteroatoms. The molecule has 0 aliphatic carbocycles. The number of hydrogen-bond donors (Lipinski definition) is 0. The second-order valence-corrected chi connectivity index (χ2v) is 5.37. The predicted molar refractivity (Wildman–Crippen MR) is 78.5 cm³/mol. The lowest BCUT2D eigenvalue weighted by molar-refractivity contribution is -0.131. The number of carbonyl (C=O) groups excluding carboxylic acids is 1. The highest BCUT2D eigenvalue weighted by Crippen LogP contribution is 2.09. The molecular weight excluding hydrogens is 256 g/mol. The van der Waals surface area contributed by atoms with Crippen LogP contribution in [0.3, 0.4) is 0 Å². The van der Waals surface area contributed by atoms with Crippen molar-refractivity contribution in [3.8, 4) is 0 Å². The van der Waals surface area contributed by atoms with Crippen LogP contribution in [-0.2, 0) is 9.53 Å². The van der Waals surface area contributed by atoms with Gasteiger partial charge in [0.1, 0.15) is 5.70 Å². The zero-order chi connectivity index (χ0) is 14.4. The SMILES string of the molecule is CN(C)/C=C(/N=CN1CCCC1)C(=O)N1CCOCC1. The van der Waals surface area contributed by atoms with Gasteiger partial charge in [-0.25, -0.2) is 4.99 Å². The van der Waals surface area contributed by atoms with Gasteiger partial charge >= 0.3 is 0 Å². The largest absolute Gasteiger partial charge is 0.382 e. The van der Waals surface area contributed by atoms with Crippen LogP contribution in [0.5, 0.6) is 0 Å². The van der Waals surface area contributed by atoms with E-state index in [1.54, 1.807) is 17.4 Å². The first-order valence-electron chi connectivity index (χ1n) is 7.20. The molecule has 2 fully saturated rings. The van der Waals surface area contributed by atoms with Gasteiger partial charge < -0.3 is 19.4 Å². The minimum absolute atomic E-state index is 0.0163. The second-order valence-electron chi connectivity index (χ2n) is 5.37. The van der Waals surface area contributed by atoms with Crippen LogP contribution >= 0.6 is 0 Å². The van der Waals surface area contributed by atoms with Crippen molar-refractivity contribution in [3.63, 3.8) is 0 Å². The number of rotatable bonds is 4. The van der Waals surface area contributed by atoms with Crippen molar-refractivity contribution in [1.29, 1.82) is 0 Å². The molecule has 0 bridgehead atoms. The molecule has 0 radical (unpaired) electrons. The molecule has 0 N–H and O–H groups in total. The summed E-state index contributed by atoms with van der Waals surface area (Å²) in [5.41, 5.74) is 0.490. The smallest absolute Gasteiger partial charge is 0.274 e. The molecule has 6 nitrogen and oxygen atoms in total. The standard InChI is InChI=1S/C14H24N4O2/c1-16(2)11-13(15-12-17-5-3-4-6-17)14(19)18-7-9-20-10-8-18/h11-12H,3-10H2,1-2H3/b13-11+,15-12?. The fourth-order valence-corrected chi connectivity index (χ4v) is 2.32. The van der Waals surface area contributed by atoms with Gasteiger partial charge in [0.2, 0.25) is 0 Å². The highest BCUT2D eigenvalue weighted by atomic mass is 16.5. The number of hydrogen-bond acceptors (Lipinski definition) is 4. The summed E-state index contributed by atoms with van der Waals surface area (Å²) in [7, 11) is 3.80. The Morgan fingerprint density at radius 3 is 2.40 bits per heavy atom. The average molecular weight is 280 g/mol. The van der Waals surface area contributed by atoms with E-state index in [1.165, 1.54) is 12.8 Å². The van der Waals surface area contributed by atoms with Crippen molar-refractivity contribution < 1.29 is 9.53 Å². The van der Waals surface area contributed by atoms with E-state index in [1.807, 2.05) is 19.0 Å². The maximum absolute atomic E-state index is 12.5. The Kier molecular flexibility index (Phi) is 5.40. The molecule has 2 aliphatic heterocycles. The van der Waals surface area contributed by atoms with Crippen LogP contribution in [0.1, 0.15) is 12.8 Å². The average Bonchev–Trinajstić information content (AvgIpc) is 2.96. The first-order valence-corrected chi connectivity index (χ1v) is 7.20. The molecule has 2 aliphatic rings. The molecule has 0 aromatic heterocycles. The second kappa shape index (κ2) is 7.28. The highest BCUT2D eigenvalue weighted by Gasteiger charge is 2.20. The van der Waals surface area contributed by atoms with Crippen LogP contribution in [0.15, 0.2) is 16.9 Å². The van der Waals surface area contributed by atoms with E-state index in [2.05, 4.69) is 9.89 Å². The van der Waals surface area contributed by atoms with Crippen LogP contribution in [0, 0.1) is 0 Å². The minimum atomic E-state index is -0.0163. The van der Waals surface area contributed by atoms with Gasteiger partial charge in [0.05, 0.1) is 19.6 Å². The normalized spacial score (nSPS) is 20.8. The number of ether oxygens (including phenoxy) is 1. The lowest BCUT2D eigenvalue weighted by atomic mass is 10.3. The van der Waals surface area contributed by atoms with E-state index in [9.17, 15) is 4.79 Å². The molecule has 20 heavy (non-hydrogen) atoms. The van der Waals surface area contributed by atoms with E-state index in [4.69, 9.17) is 4.74 Å². The Hall–Kier alpha value is -1.56. The van der Waals surface area contributed by atoms with Gasteiger partial charge in [0, 0.05) is 46.5 Å². The molecule has 2 heterocycles. The summed E-state index contributed by atoms with van der Waals surface area (Å²) in [4.78, 5) is 22.7. The van der Waals surface area contributed by atoms with E-state index in [0.717, 1.165) is 13.1 Å². The Bertz CT molecular complexity index is 381. The van der Waals surface area contributed by atoms with Gasteiger partial charge in [-0.2, -0.15) is 0 Å². The number of nitrogens with zero attached hydrogens (tertiary/aromatic N) is 4. The number of amides is 1. The lowest BCUT2D eigenvalue weighted by Crippen LogP contribution is -2.41. The van der Waals surface area contributed by atoms with Gasteiger partial charge in [-0.1, -0.05) is 0 Å². The molecular formula is C14H24N4O2. The molecule has 112 valence electrons. The molecule has 0 atom stereocenters. The Labute approximate surface area is 120 Å². The van der Waals surface area contributed by atoms with E-state index >= 15 is 0 Å². The Morgan fingerprint density at radius 2 is 1.80 bits per heavy atom. The van der Waals surface area contributed by atoms with Gasteiger partial charge in [0.15, 0.2) is 0 Å². The number of likely N-dealkylation sites (tertiary alicyclic amines) is 1. The zero-order valence-corrected chi connectivity index (χ0v) is 12.4. The van der Waals surface area contributed by atoms with E-state index in [-0.39, 0.29) is 5.91 Å². The quantitative estimate of drug-likeness (QED) is 0.424. The van der Waals surface area contributed by atoms with Crippen LogP contribution in [0.25, 0.3) is 0 Å².